The van der Waals surface area contributed by atoms with E-state index in [0.29, 0.717) is 13.0 Å². The summed E-state index contributed by atoms with van der Waals surface area (Å²) in [6.07, 6.45) is 3.46. The molecule has 3 aliphatic rings. The van der Waals surface area contributed by atoms with Crippen LogP contribution in [0.15, 0.2) is 47.6 Å². The summed E-state index contributed by atoms with van der Waals surface area (Å²) in [5.74, 6) is 1.14. The first-order valence-electron chi connectivity index (χ1n) is 11.7. The number of morpholine rings is 1. The van der Waals surface area contributed by atoms with E-state index in [1.807, 2.05) is 31.2 Å². The van der Waals surface area contributed by atoms with Crippen molar-refractivity contribution >= 4 is 29.7 Å². The van der Waals surface area contributed by atoms with Gasteiger partial charge in [0.2, 0.25) is 5.91 Å². The number of nitrogens with zero attached hydrogens (tertiary/aromatic N) is 3. The highest BCUT2D eigenvalue weighted by Gasteiger charge is 2.34. The van der Waals surface area contributed by atoms with Crippen molar-refractivity contribution in [1.29, 1.82) is 0 Å². The lowest BCUT2D eigenvalue weighted by Gasteiger charge is -2.33. The van der Waals surface area contributed by atoms with Crippen LogP contribution in [-0.2, 0) is 16.0 Å². The minimum atomic E-state index is 0. The van der Waals surface area contributed by atoms with Crippen LogP contribution in [0.3, 0.4) is 0 Å². The second-order valence-electron chi connectivity index (χ2n) is 8.94. The number of halogens is 1. The first kappa shape index (κ1) is 26.2. The summed E-state index contributed by atoms with van der Waals surface area (Å²) in [7, 11) is 0. The van der Waals surface area contributed by atoms with Gasteiger partial charge in [-0.05, 0) is 56.0 Å². The van der Waals surface area contributed by atoms with Crippen LogP contribution in [0.1, 0.15) is 36.0 Å². The molecule has 1 atom stereocenters. The van der Waals surface area contributed by atoms with Crippen molar-refractivity contribution < 1.29 is 19.7 Å². The van der Waals surface area contributed by atoms with Crippen LogP contribution in [-0.4, -0.2) is 61.4 Å². The number of benzene rings is 2. The van der Waals surface area contributed by atoms with Crippen molar-refractivity contribution in [2.24, 2.45) is 11.0 Å². The van der Waals surface area contributed by atoms with Gasteiger partial charge in [-0.1, -0.05) is 23.8 Å². The summed E-state index contributed by atoms with van der Waals surface area (Å²) >= 11 is 0. The molecule has 0 radical (unpaired) electrons. The van der Waals surface area contributed by atoms with Crippen molar-refractivity contribution in [3.05, 3.63) is 59.2 Å². The Kier molecular flexibility index (Phi) is 9.08. The molecule has 2 aromatic rings. The smallest absolute Gasteiger partial charge is 0.248 e. The molecule has 2 heterocycles. The summed E-state index contributed by atoms with van der Waals surface area (Å²) in [4.78, 5) is 15.2. The molecule has 2 aromatic carbocycles. The first-order valence-corrected chi connectivity index (χ1v) is 11.7. The Morgan fingerprint density at radius 3 is 2.65 bits per heavy atom. The molecule has 2 aliphatic heterocycles. The van der Waals surface area contributed by atoms with Crippen molar-refractivity contribution in [3.8, 4) is 5.75 Å². The SMILES string of the molecule is Cc1ccc(N2N=C3c4cc(OCCCN5CCOCC5)ccc4CCC3CC2=O)cc1.Cl.O. The first-order chi connectivity index (χ1) is 15.7. The fourth-order valence-electron chi connectivity index (χ4n) is 4.77. The fraction of sp³-hybridized carbons (Fsp3) is 0.462. The molecule has 1 saturated heterocycles. The quantitative estimate of drug-likeness (QED) is 0.584. The standard InChI is InChI=1S/C26H31N3O3.ClH.H2O/c1-19-3-8-22(9-4-19)29-25(30)17-21-6-5-20-7-10-23(18-24(20)26(21)27-29)32-14-2-11-28-12-15-31-16-13-28;;/h3-4,7-10,18,21H,2,5-6,11-17H2,1H3;1H;1H2. The minimum absolute atomic E-state index is 0. The minimum Gasteiger partial charge on any atom is -0.494 e. The lowest BCUT2D eigenvalue weighted by atomic mass is 9.79. The third-order valence-electron chi connectivity index (χ3n) is 6.64. The number of aryl methyl sites for hydroxylation is 2. The van der Waals surface area contributed by atoms with Crippen LogP contribution in [0.25, 0.3) is 0 Å². The van der Waals surface area contributed by atoms with E-state index >= 15 is 0 Å². The van der Waals surface area contributed by atoms with Gasteiger partial charge in [-0.2, -0.15) is 5.10 Å². The average molecular weight is 488 g/mol. The van der Waals surface area contributed by atoms with E-state index in [-0.39, 0.29) is 29.7 Å². The largest absolute Gasteiger partial charge is 0.494 e. The molecular formula is C26H34ClN3O4. The Morgan fingerprint density at radius 1 is 1.12 bits per heavy atom. The van der Waals surface area contributed by atoms with Crippen molar-refractivity contribution in [3.63, 3.8) is 0 Å². The predicted octanol–water partition coefficient (Wildman–Crippen LogP) is 3.40. The summed E-state index contributed by atoms with van der Waals surface area (Å²) in [6, 6.07) is 14.3. The van der Waals surface area contributed by atoms with Crippen LogP contribution in [0.4, 0.5) is 5.69 Å². The number of carbonyl (C=O) groups excluding carboxylic acids is 1. The number of carbonyl (C=O) groups is 1. The van der Waals surface area contributed by atoms with Gasteiger partial charge in [0.05, 0.1) is 31.2 Å². The molecule has 0 aromatic heterocycles. The molecule has 184 valence electrons. The molecule has 8 heteroatoms. The lowest BCUT2D eigenvalue weighted by Crippen LogP contribution is -2.39. The fourth-order valence-corrected chi connectivity index (χ4v) is 4.77. The molecule has 7 nitrogen and oxygen atoms in total. The van der Waals surface area contributed by atoms with E-state index < -0.39 is 0 Å². The molecule has 0 saturated carbocycles. The second kappa shape index (κ2) is 11.8. The third kappa shape index (κ3) is 5.78. The molecule has 1 amide bonds. The number of fused-ring (bicyclic) bond motifs is 3. The highest BCUT2D eigenvalue weighted by atomic mass is 35.5. The van der Waals surface area contributed by atoms with Crippen LogP contribution in [0.2, 0.25) is 0 Å². The van der Waals surface area contributed by atoms with Gasteiger partial charge < -0.3 is 14.9 Å². The van der Waals surface area contributed by atoms with Gasteiger partial charge in [0, 0.05) is 37.5 Å². The zero-order chi connectivity index (χ0) is 21.9. The van der Waals surface area contributed by atoms with E-state index in [9.17, 15) is 4.79 Å². The van der Waals surface area contributed by atoms with Gasteiger partial charge in [0.25, 0.3) is 0 Å². The molecule has 5 rings (SSSR count). The summed E-state index contributed by atoms with van der Waals surface area (Å²) in [5, 5.41) is 6.43. The third-order valence-corrected chi connectivity index (χ3v) is 6.64. The van der Waals surface area contributed by atoms with E-state index in [1.54, 1.807) is 5.01 Å². The van der Waals surface area contributed by atoms with E-state index in [0.717, 1.165) is 74.8 Å². The summed E-state index contributed by atoms with van der Waals surface area (Å²) in [5.41, 5.74) is 5.44. The molecule has 34 heavy (non-hydrogen) atoms. The Hall–Kier alpha value is -2.45. The monoisotopic (exact) mass is 487 g/mol. The van der Waals surface area contributed by atoms with E-state index in [4.69, 9.17) is 14.6 Å². The highest BCUT2D eigenvalue weighted by molar-refractivity contribution is 6.11. The number of rotatable bonds is 6. The van der Waals surface area contributed by atoms with Crippen LogP contribution >= 0.6 is 12.4 Å². The lowest BCUT2D eigenvalue weighted by molar-refractivity contribution is -0.119. The highest BCUT2D eigenvalue weighted by Crippen LogP contribution is 2.35. The number of hydrogen-bond donors (Lipinski definition) is 0. The van der Waals surface area contributed by atoms with Crippen LogP contribution in [0.5, 0.6) is 5.75 Å². The Balaban J connectivity index is 0.00000162. The topological polar surface area (TPSA) is 85.9 Å². The van der Waals surface area contributed by atoms with Gasteiger partial charge in [-0.15, -0.1) is 12.4 Å². The molecule has 1 aliphatic carbocycles. The molecule has 1 unspecified atom stereocenters. The average Bonchev–Trinajstić information content (AvgIpc) is 2.82. The van der Waals surface area contributed by atoms with E-state index in [1.165, 1.54) is 11.1 Å². The van der Waals surface area contributed by atoms with Gasteiger partial charge in [-0.25, -0.2) is 5.01 Å². The molecular weight excluding hydrogens is 454 g/mol. The van der Waals surface area contributed by atoms with Gasteiger partial charge in [-0.3, -0.25) is 9.69 Å². The molecule has 0 bridgehead atoms. The number of hydrazone groups is 1. The maximum absolute atomic E-state index is 12.8. The van der Waals surface area contributed by atoms with Crippen LogP contribution < -0.4 is 9.75 Å². The van der Waals surface area contributed by atoms with E-state index in [2.05, 4.69) is 23.1 Å². The van der Waals surface area contributed by atoms with Gasteiger partial charge >= 0.3 is 0 Å². The summed E-state index contributed by atoms with van der Waals surface area (Å²) in [6.45, 7) is 7.46. The Labute approximate surface area is 207 Å². The van der Waals surface area contributed by atoms with Crippen molar-refractivity contribution in [2.75, 3.05) is 44.5 Å². The number of hydrogen-bond acceptors (Lipinski definition) is 5. The predicted molar refractivity (Wildman–Crippen MR) is 136 cm³/mol. The Bertz CT molecular complexity index is 1010. The van der Waals surface area contributed by atoms with Crippen LogP contribution in [0, 0.1) is 12.8 Å². The molecule has 0 spiro atoms. The van der Waals surface area contributed by atoms with Gasteiger partial charge in [0.1, 0.15) is 5.75 Å². The maximum atomic E-state index is 12.8. The normalized spacial score (nSPS) is 19.8. The Morgan fingerprint density at radius 2 is 1.88 bits per heavy atom. The van der Waals surface area contributed by atoms with Crippen molar-refractivity contribution in [1.82, 2.24) is 4.90 Å². The number of amides is 1. The molecule has 1 fully saturated rings. The maximum Gasteiger partial charge on any atom is 0.248 e. The molecule has 2 N–H and O–H groups in total. The zero-order valence-corrected chi connectivity index (χ0v) is 20.5. The van der Waals surface area contributed by atoms with Crippen molar-refractivity contribution in [2.45, 2.75) is 32.6 Å². The summed E-state index contributed by atoms with van der Waals surface area (Å²) < 4.78 is 11.5. The second-order valence-corrected chi connectivity index (χ2v) is 8.94. The zero-order valence-electron chi connectivity index (χ0n) is 19.7. The number of anilines is 1. The number of ether oxygens (including phenoxy) is 2. The van der Waals surface area contributed by atoms with Gasteiger partial charge in [0.15, 0.2) is 0 Å².